The van der Waals surface area contributed by atoms with E-state index < -0.39 is 11.6 Å². The van der Waals surface area contributed by atoms with Gasteiger partial charge >= 0.3 is 12.1 Å². The number of carbonyl (C=O) groups excluding carboxylic acids is 3. The Morgan fingerprint density at radius 1 is 0.500 bits per heavy atom. The standard InChI is InChI=1S/C14H27NO2.C10H20O2.C10H20.C9H19N.C8H18.C7H14O.C6H12O.4CH4/c1-13(2,3)11-7-9-15(10-8-11)12(16)17-14(4,5)6;1-9(2,3)10(4,5)7-6-8(11)12;1-10(2,3)9-7-5-4-6-8-9;1-9(2,3)8-6-4-5-7-10-8;1-7(2,3)8(4,5)6;1-5-6(8)7(2,3)4;1-5(7)6(2,3)4;;;;/h11H,7-10H2,1-6H3;6-7H2,1-5H3,(H,11,12);9H,4-8H2,1-3H3;8,10H,4-7H2,1-3H3;1-6H3;5H2,1-4H3;1-4H3;4*1H4. The van der Waals surface area contributed by atoms with Crippen LogP contribution in [0, 0.1) is 60.6 Å². The molecule has 1 unspecified atom stereocenters. The Kier molecular flexibility index (Phi) is 45.1. The zero-order chi connectivity index (χ0) is 58.3. The van der Waals surface area contributed by atoms with Crippen LogP contribution < -0.4 is 5.32 Å². The van der Waals surface area contributed by atoms with Crippen molar-refractivity contribution in [2.75, 3.05) is 19.6 Å². The van der Waals surface area contributed by atoms with Gasteiger partial charge in [-0.3, -0.25) is 14.4 Å². The highest BCUT2D eigenvalue weighted by molar-refractivity contribution is 5.83. The van der Waals surface area contributed by atoms with Gasteiger partial charge in [0.05, 0.1) is 0 Å². The van der Waals surface area contributed by atoms with Gasteiger partial charge in [-0.2, -0.15) is 0 Å². The lowest BCUT2D eigenvalue weighted by atomic mass is 9.67. The number of aliphatic carboxylic acids is 1. The molecule has 8 heteroatoms. The number of nitrogens with one attached hydrogen (secondary N) is 1. The highest BCUT2D eigenvalue weighted by atomic mass is 16.6. The number of ether oxygens (including phenoxy) is 1. The van der Waals surface area contributed by atoms with E-state index in [0.29, 0.717) is 45.2 Å². The van der Waals surface area contributed by atoms with Gasteiger partial charge in [-0.15, -0.1) is 0 Å². The first kappa shape index (κ1) is 90.6. The molecule has 2 aliphatic heterocycles. The Balaban J connectivity index is -0.000000120. The molecule has 2 heterocycles. The summed E-state index contributed by atoms with van der Waals surface area (Å²) in [6, 6.07) is 0.751. The van der Waals surface area contributed by atoms with Crippen LogP contribution in [0.1, 0.15) is 328 Å². The molecular formula is C68H146N2O6. The van der Waals surface area contributed by atoms with Crippen LogP contribution in [0.2, 0.25) is 0 Å². The summed E-state index contributed by atoms with van der Waals surface area (Å²) in [5.74, 6) is 1.58. The molecular weight excluding hydrogens is 941 g/mol. The van der Waals surface area contributed by atoms with Crippen molar-refractivity contribution in [2.24, 2.45) is 60.6 Å². The van der Waals surface area contributed by atoms with Crippen LogP contribution in [0.5, 0.6) is 0 Å². The Bertz CT molecular complexity index is 1440. The number of nitrogens with zero attached hydrogens (tertiary/aromatic N) is 1. The zero-order valence-corrected chi connectivity index (χ0v) is 54.5. The van der Waals surface area contributed by atoms with Crippen molar-refractivity contribution in [3.8, 4) is 0 Å². The van der Waals surface area contributed by atoms with Crippen LogP contribution in [0.4, 0.5) is 4.79 Å². The number of carboxylic acid groups (broad SMARTS) is 1. The molecule has 0 aromatic rings. The van der Waals surface area contributed by atoms with Crippen molar-refractivity contribution in [3.63, 3.8) is 0 Å². The highest BCUT2D eigenvalue weighted by Gasteiger charge is 2.34. The summed E-state index contributed by atoms with van der Waals surface area (Å²) < 4.78 is 5.39. The van der Waals surface area contributed by atoms with E-state index in [1.54, 1.807) is 6.92 Å². The van der Waals surface area contributed by atoms with Gasteiger partial charge in [0, 0.05) is 42.8 Å². The summed E-state index contributed by atoms with van der Waals surface area (Å²) in [4.78, 5) is 45.4. The minimum Gasteiger partial charge on any atom is -0.481 e. The number of likely N-dealkylation sites (tertiary alicyclic amines) is 1. The molecule has 3 aliphatic rings. The van der Waals surface area contributed by atoms with Crippen LogP contribution in [0.3, 0.4) is 0 Å². The lowest BCUT2D eigenvalue weighted by Gasteiger charge is -2.39. The molecule has 2 N–H and O–H groups in total. The lowest BCUT2D eigenvalue weighted by molar-refractivity contribution is -0.138. The molecule has 0 bridgehead atoms. The number of carbonyl (C=O) groups is 4. The van der Waals surface area contributed by atoms with Crippen LogP contribution in [0.25, 0.3) is 0 Å². The third-order valence-corrected chi connectivity index (χ3v) is 16.0. The second kappa shape index (κ2) is 37.9. The number of piperidine rings is 2. The SMILES string of the molecule is C.C.C.C.CC(=O)C(C)(C)C.CC(C)(C)C(C)(C)C.CC(C)(C)C(C)(C)CCC(=O)O.CC(C)(C)C1CCCCC1.CC(C)(C)C1CCCCN1.CC(C)(C)OC(=O)N1CCC(C(C)(C)C)CC1.CCC(=O)C(C)(C)C. The summed E-state index contributed by atoms with van der Waals surface area (Å²) in [6.45, 7) is 68.9. The molecule has 0 spiro atoms. The van der Waals surface area contributed by atoms with E-state index in [1.807, 2.05) is 74.1 Å². The molecule has 8 nitrogen and oxygen atoms in total. The third-order valence-electron chi connectivity index (χ3n) is 16.0. The predicted octanol–water partition coefficient (Wildman–Crippen LogP) is 21.6. The number of rotatable bonds is 4. The first-order chi connectivity index (χ1) is 31.6. The molecule has 3 fully saturated rings. The smallest absolute Gasteiger partial charge is 0.410 e. The summed E-state index contributed by atoms with van der Waals surface area (Å²) in [6.07, 6.45) is 15.2. The number of hydrogen-bond acceptors (Lipinski definition) is 6. The first-order valence-corrected chi connectivity index (χ1v) is 28.6. The zero-order valence-electron chi connectivity index (χ0n) is 54.5. The maximum absolute atomic E-state index is 11.9. The normalized spacial score (nSPS) is 16.9. The largest absolute Gasteiger partial charge is 0.481 e. The van der Waals surface area contributed by atoms with Gasteiger partial charge in [0.25, 0.3) is 0 Å². The summed E-state index contributed by atoms with van der Waals surface area (Å²) in [5.41, 5.74) is 1.85. The van der Waals surface area contributed by atoms with E-state index in [0.717, 1.165) is 44.3 Å². The minimum absolute atomic E-state index is 0. The second-order valence-corrected chi connectivity index (χ2v) is 31.5. The number of Topliss-reactive ketones (excluding diaryl/α,β-unsaturated/α-hetero) is 2. The number of ketones is 2. The van der Waals surface area contributed by atoms with Crippen molar-refractivity contribution in [3.05, 3.63) is 0 Å². The van der Waals surface area contributed by atoms with Crippen LogP contribution in [0.15, 0.2) is 0 Å². The molecule has 0 radical (unpaired) electrons. The Hall–Kier alpha value is -1.96. The van der Waals surface area contributed by atoms with Crippen molar-refractivity contribution in [1.82, 2.24) is 10.2 Å². The maximum atomic E-state index is 11.9. The topological polar surface area (TPSA) is 113 Å². The molecule has 3 rings (SSSR count). The fourth-order valence-corrected chi connectivity index (χ4v) is 7.14. The number of carboxylic acids is 1. The molecule has 0 aromatic heterocycles. The van der Waals surface area contributed by atoms with E-state index in [2.05, 4.69) is 144 Å². The molecule has 2 saturated heterocycles. The fraction of sp³-hybridized carbons (Fsp3) is 0.941. The van der Waals surface area contributed by atoms with Crippen molar-refractivity contribution in [1.29, 1.82) is 0 Å². The van der Waals surface area contributed by atoms with Gasteiger partial charge in [-0.05, 0) is 129 Å². The van der Waals surface area contributed by atoms with Crippen LogP contribution >= 0.6 is 0 Å². The quantitative estimate of drug-likeness (QED) is 0.288. The molecule has 0 aromatic carbocycles. The second-order valence-electron chi connectivity index (χ2n) is 31.5. The fourth-order valence-electron chi connectivity index (χ4n) is 7.14. The Labute approximate surface area is 480 Å². The molecule has 1 amide bonds. The summed E-state index contributed by atoms with van der Waals surface area (Å²) in [5, 5.41) is 12.1. The summed E-state index contributed by atoms with van der Waals surface area (Å²) in [7, 11) is 0. The average molecular weight is 1090 g/mol. The van der Waals surface area contributed by atoms with Gasteiger partial charge in [0.2, 0.25) is 0 Å². The number of amides is 1. The predicted molar refractivity (Wildman–Crippen MR) is 342 cm³/mol. The highest BCUT2D eigenvalue weighted by Crippen LogP contribution is 2.42. The number of hydrogen-bond donors (Lipinski definition) is 2. The lowest BCUT2D eigenvalue weighted by Crippen LogP contribution is -2.43. The van der Waals surface area contributed by atoms with Crippen molar-refractivity contribution >= 4 is 23.6 Å². The van der Waals surface area contributed by atoms with Gasteiger partial charge in [0.15, 0.2) is 0 Å². The first-order valence-electron chi connectivity index (χ1n) is 28.6. The maximum Gasteiger partial charge on any atom is 0.410 e. The van der Waals surface area contributed by atoms with E-state index in [-0.39, 0.29) is 69.7 Å². The molecule has 464 valence electrons. The van der Waals surface area contributed by atoms with Gasteiger partial charge < -0.3 is 20.1 Å². The third kappa shape index (κ3) is 45.9. The minimum atomic E-state index is -0.702. The molecule has 1 atom stereocenters. The van der Waals surface area contributed by atoms with E-state index in [9.17, 15) is 19.2 Å². The molecule has 1 saturated carbocycles. The average Bonchev–Trinajstić information content (AvgIpc) is 3.18. The molecule has 76 heavy (non-hydrogen) atoms. The van der Waals surface area contributed by atoms with E-state index in [1.165, 1.54) is 57.9 Å². The van der Waals surface area contributed by atoms with Crippen LogP contribution in [-0.4, -0.2) is 64.9 Å². The Morgan fingerprint density at radius 2 is 0.855 bits per heavy atom. The molecule has 1 aliphatic carbocycles. The van der Waals surface area contributed by atoms with Crippen molar-refractivity contribution in [2.45, 2.75) is 339 Å². The van der Waals surface area contributed by atoms with E-state index >= 15 is 0 Å². The van der Waals surface area contributed by atoms with Gasteiger partial charge in [0.1, 0.15) is 17.2 Å². The summed E-state index contributed by atoms with van der Waals surface area (Å²) >= 11 is 0. The Morgan fingerprint density at radius 3 is 1.05 bits per heavy atom. The monoisotopic (exact) mass is 1090 g/mol. The van der Waals surface area contributed by atoms with Crippen LogP contribution in [-0.2, 0) is 19.1 Å². The van der Waals surface area contributed by atoms with Gasteiger partial charge in [-0.25, -0.2) is 4.79 Å². The van der Waals surface area contributed by atoms with Gasteiger partial charge in [-0.1, -0.05) is 242 Å². The van der Waals surface area contributed by atoms with Crippen molar-refractivity contribution < 1.29 is 29.0 Å². The van der Waals surface area contributed by atoms with E-state index in [4.69, 9.17) is 9.84 Å².